The number of nitrogens with zero attached hydrogens (tertiary/aromatic N) is 4. The van der Waals surface area contributed by atoms with Gasteiger partial charge in [-0.25, -0.2) is 15.0 Å². The fourth-order valence-electron chi connectivity index (χ4n) is 3.81. The van der Waals surface area contributed by atoms with Crippen LogP contribution in [0.15, 0.2) is 12.7 Å². The lowest BCUT2D eigenvalue weighted by molar-refractivity contribution is 0.278. The van der Waals surface area contributed by atoms with Gasteiger partial charge < -0.3 is 9.67 Å². The first-order valence-corrected chi connectivity index (χ1v) is 6.64. The molecule has 0 saturated heterocycles. The molecule has 0 unspecified atom stereocenters. The summed E-state index contributed by atoms with van der Waals surface area (Å²) in [5, 5.41) is 9.28. The summed E-state index contributed by atoms with van der Waals surface area (Å²) >= 11 is 0. The summed E-state index contributed by atoms with van der Waals surface area (Å²) in [5.74, 6) is 1.69. The lowest BCUT2D eigenvalue weighted by atomic mass is 9.95. The molecule has 0 radical (unpaired) electrons. The highest BCUT2D eigenvalue weighted by Gasteiger charge is 2.41. The van der Waals surface area contributed by atoms with E-state index in [4.69, 9.17) is 0 Å². The van der Waals surface area contributed by atoms with Gasteiger partial charge in [-0.05, 0) is 31.1 Å². The van der Waals surface area contributed by atoms with Gasteiger partial charge in [0.2, 0.25) is 0 Å². The third-order valence-corrected chi connectivity index (χ3v) is 4.64. The molecule has 1 N–H and O–H groups in total. The van der Waals surface area contributed by atoms with Crippen molar-refractivity contribution in [2.24, 2.45) is 11.8 Å². The second-order valence-electron chi connectivity index (χ2n) is 5.54. The van der Waals surface area contributed by atoms with Crippen LogP contribution in [-0.2, 0) is 6.61 Å². The highest BCUT2D eigenvalue weighted by molar-refractivity contribution is 5.73. The first-order valence-electron chi connectivity index (χ1n) is 6.64. The molecule has 2 bridgehead atoms. The van der Waals surface area contributed by atoms with Crippen molar-refractivity contribution < 1.29 is 5.11 Å². The average molecular weight is 244 g/mol. The summed E-state index contributed by atoms with van der Waals surface area (Å²) in [6.45, 7) is -0.0766. The lowest BCUT2D eigenvalue weighted by Gasteiger charge is -2.23. The van der Waals surface area contributed by atoms with Crippen LogP contribution in [-0.4, -0.2) is 24.6 Å². The van der Waals surface area contributed by atoms with Crippen molar-refractivity contribution in [1.29, 1.82) is 0 Å². The molecule has 2 aromatic heterocycles. The third-order valence-electron chi connectivity index (χ3n) is 4.64. The summed E-state index contributed by atoms with van der Waals surface area (Å²) in [6, 6.07) is 0.551. The third kappa shape index (κ3) is 1.34. The zero-order valence-electron chi connectivity index (χ0n) is 10.2. The number of aliphatic hydroxyl groups excluding tert-OH is 1. The van der Waals surface area contributed by atoms with Gasteiger partial charge >= 0.3 is 0 Å². The maximum absolute atomic E-state index is 9.28. The van der Waals surface area contributed by atoms with Crippen LogP contribution in [0.5, 0.6) is 0 Å². The molecule has 94 valence electrons. The van der Waals surface area contributed by atoms with Crippen molar-refractivity contribution in [2.45, 2.75) is 38.3 Å². The highest BCUT2D eigenvalue weighted by Crippen LogP contribution is 2.51. The van der Waals surface area contributed by atoms with E-state index in [2.05, 4.69) is 19.5 Å². The Labute approximate surface area is 105 Å². The maximum Gasteiger partial charge on any atom is 0.163 e. The summed E-state index contributed by atoms with van der Waals surface area (Å²) in [5.41, 5.74) is 2.26. The van der Waals surface area contributed by atoms with Gasteiger partial charge in [0.05, 0.1) is 18.6 Å². The number of hydrogen-bond acceptors (Lipinski definition) is 4. The van der Waals surface area contributed by atoms with Crippen LogP contribution in [0.1, 0.15) is 37.4 Å². The quantitative estimate of drug-likeness (QED) is 0.873. The number of aliphatic hydroxyl groups is 1. The minimum Gasteiger partial charge on any atom is -0.390 e. The van der Waals surface area contributed by atoms with Crippen LogP contribution < -0.4 is 0 Å². The predicted octanol–water partition coefficient (Wildman–Crippen LogP) is 1.68. The van der Waals surface area contributed by atoms with E-state index in [1.54, 1.807) is 0 Å². The van der Waals surface area contributed by atoms with Gasteiger partial charge in [-0.1, -0.05) is 6.42 Å². The van der Waals surface area contributed by atoms with Crippen molar-refractivity contribution in [1.82, 2.24) is 19.5 Å². The average Bonchev–Trinajstić information content (AvgIpc) is 3.11. The van der Waals surface area contributed by atoms with Crippen molar-refractivity contribution in [2.75, 3.05) is 0 Å². The van der Waals surface area contributed by atoms with E-state index < -0.39 is 0 Å². The standard InChI is InChI=1S/C13H16N4O/c18-5-10-12-13(15-6-14-10)17(7-16-12)11-4-8-1-2-9(11)3-8/h6-9,11,18H,1-5H2/t8-,9+,11+/m0/s1. The topological polar surface area (TPSA) is 63.8 Å². The summed E-state index contributed by atoms with van der Waals surface area (Å²) in [6.07, 6.45) is 8.76. The van der Waals surface area contributed by atoms with Crippen LogP contribution in [0, 0.1) is 11.8 Å². The zero-order valence-corrected chi connectivity index (χ0v) is 10.2. The number of rotatable bonds is 2. The molecule has 3 atom stereocenters. The Morgan fingerprint density at radius 3 is 2.89 bits per heavy atom. The molecule has 2 aliphatic carbocycles. The van der Waals surface area contributed by atoms with Crippen molar-refractivity contribution in [3.8, 4) is 0 Å². The van der Waals surface area contributed by atoms with Crippen LogP contribution in [0.25, 0.3) is 11.2 Å². The Bertz CT molecular complexity index is 594. The second kappa shape index (κ2) is 3.75. The van der Waals surface area contributed by atoms with E-state index in [0.717, 1.165) is 23.0 Å². The first kappa shape index (κ1) is 10.4. The smallest absolute Gasteiger partial charge is 0.163 e. The lowest BCUT2D eigenvalue weighted by Crippen LogP contribution is -2.15. The Balaban J connectivity index is 1.82. The molecule has 2 aliphatic rings. The molecule has 5 nitrogen and oxygen atoms in total. The van der Waals surface area contributed by atoms with Gasteiger partial charge in [0.15, 0.2) is 5.65 Å². The molecule has 0 aromatic carbocycles. The number of fused-ring (bicyclic) bond motifs is 3. The normalized spacial score (nSPS) is 30.4. The van der Waals surface area contributed by atoms with Gasteiger partial charge in [0.1, 0.15) is 11.8 Å². The van der Waals surface area contributed by atoms with Gasteiger partial charge in [-0.15, -0.1) is 0 Å². The summed E-state index contributed by atoms with van der Waals surface area (Å²) < 4.78 is 2.21. The predicted molar refractivity (Wildman–Crippen MR) is 65.7 cm³/mol. The van der Waals surface area contributed by atoms with E-state index in [9.17, 15) is 5.11 Å². The van der Waals surface area contributed by atoms with E-state index in [0.29, 0.717) is 11.7 Å². The van der Waals surface area contributed by atoms with E-state index in [1.807, 2.05) is 6.33 Å². The first-order chi connectivity index (χ1) is 8.86. The number of hydrogen-bond donors (Lipinski definition) is 1. The molecule has 0 aliphatic heterocycles. The van der Waals surface area contributed by atoms with Crippen LogP contribution in [0.2, 0.25) is 0 Å². The fourth-order valence-corrected chi connectivity index (χ4v) is 3.81. The fraction of sp³-hybridized carbons (Fsp3) is 0.615. The summed E-state index contributed by atoms with van der Waals surface area (Å²) in [4.78, 5) is 12.8. The van der Waals surface area contributed by atoms with Crippen molar-refractivity contribution in [3.63, 3.8) is 0 Å². The molecule has 5 heteroatoms. The minimum atomic E-state index is -0.0766. The summed E-state index contributed by atoms with van der Waals surface area (Å²) in [7, 11) is 0. The molecule has 4 rings (SSSR count). The largest absolute Gasteiger partial charge is 0.390 e. The Morgan fingerprint density at radius 2 is 2.17 bits per heavy atom. The van der Waals surface area contributed by atoms with Crippen molar-refractivity contribution >= 4 is 11.2 Å². The second-order valence-corrected chi connectivity index (χ2v) is 5.54. The van der Waals surface area contributed by atoms with Crippen LogP contribution in [0.4, 0.5) is 0 Å². The SMILES string of the molecule is OCc1ncnc2c1ncn2[C@@H]1C[C@H]2CC[C@@H]1C2. The number of imidazole rings is 1. The molecule has 2 aromatic rings. The molecule has 18 heavy (non-hydrogen) atoms. The molecule has 2 saturated carbocycles. The minimum absolute atomic E-state index is 0.0766. The molecule has 2 fully saturated rings. The Kier molecular flexibility index (Phi) is 2.17. The highest BCUT2D eigenvalue weighted by atomic mass is 16.3. The van der Waals surface area contributed by atoms with E-state index in [-0.39, 0.29) is 6.61 Å². The monoisotopic (exact) mass is 244 g/mol. The Morgan fingerprint density at radius 1 is 1.22 bits per heavy atom. The van der Waals surface area contributed by atoms with Gasteiger partial charge in [-0.3, -0.25) is 0 Å². The molecule has 0 amide bonds. The number of aromatic nitrogens is 4. The van der Waals surface area contributed by atoms with Gasteiger partial charge in [-0.2, -0.15) is 0 Å². The molecular weight excluding hydrogens is 228 g/mol. The molecule has 0 spiro atoms. The van der Waals surface area contributed by atoms with E-state index >= 15 is 0 Å². The van der Waals surface area contributed by atoms with E-state index in [1.165, 1.54) is 32.0 Å². The maximum atomic E-state index is 9.28. The van der Waals surface area contributed by atoms with Crippen molar-refractivity contribution in [3.05, 3.63) is 18.3 Å². The Hall–Kier alpha value is -1.49. The van der Waals surface area contributed by atoms with Gasteiger partial charge in [0.25, 0.3) is 0 Å². The zero-order chi connectivity index (χ0) is 12.1. The molecular formula is C13H16N4O. The van der Waals surface area contributed by atoms with Crippen LogP contribution >= 0.6 is 0 Å². The van der Waals surface area contributed by atoms with Gasteiger partial charge in [0, 0.05) is 6.04 Å². The molecule has 2 heterocycles. The van der Waals surface area contributed by atoms with Crippen LogP contribution in [0.3, 0.4) is 0 Å².